The number of hydrogen-bond acceptors (Lipinski definition) is 1. The van der Waals surface area contributed by atoms with Gasteiger partial charge < -0.3 is 0 Å². The number of hydrogen-bond donors (Lipinski definition) is 0. The highest BCUT2D eigenvalue weighted by Crippen LogP contribution is 2.34. The zero-order valence-electron chi connectivity index (χ0n) is 11.8. The molecule has 0 bridgehead atoms. The number of aromatic nitrogens is 2. The molecule has 0 N–H and O–H groups in total. The van der Waals surface area contributed by atoms with Crippen molar-refractivity contribution in [2.45, 2.75) is 64.3 Å². The quantitative estimate of drug-likeness (QED) is 0.738. The van der Waals surface area contributed by atoms with Crippen LogP contribution >= 0.6 is 11.6 Å². The monoisotopic (exact) mass is 268 g/mol. The molecule has 2 rings (SSSR count). The smallest absolute Gasteiger partial charge is 0.0628 e. The Kier molecular flexibility index (Phi) is 4.71. The van der Waals surface area contributed by atoms with Crippen LogP contribution in [0.2, 0.25) is 0 Å². The van der Waals surface area contributed by atoms with Gasteiger partial charge in [-0.05, 0) is 56.9 Å². The van der Waals surface area contributed by atoms with Crippen molar-refractivity contribution in [1.82, 2.24) is 9.78 Å². The summed E-state index contributed by atoms with van der Waals surface area (Å²) in [6, 6.07) is 2.66. The summed E-state index contributed by atoms with van der Waals surface area (Å²) < 4.78 is 2.09. The number of nitrogens with zero attached hydrogens (tertiary/aromatic N) is 2. The number of alkyl halides is 1. The van der Waals surface area contributed by atoms with Crippen LogP contribution in [0.5, 0.6) is 0 Å². The highest BCUT2D eigenvalue weighted by Gasteiger charge is 2.27. The molecule has 102 valence electrons. The van der Waals surface area contributed by atoms with Gasteiger partial charge in [-0.15, -0.1) is 11.6 Å². The summed E-state index contributed by atoms with van der Waals surface area (Å²) in [7, 11) is 0. The fourth-order valence-electron chi connectivity index (χ4n) is 2.86. The minimum absolute atomic E-state index is 0.343. The second-order valence-electron chi connectivity index (χ2n) is 5.94. The molecule has 1 aliphatic carbocycles. The lowest BCUT2D eigenvalue weighted by molar-refractivity contribution is 0.285. The van der Waals surface area contributed by atoms with Gasteiger partial charge in [0.05, 0.1) is 5.69 Å². The van der Waals surface area contributed by atoms with Crippen LogP contribution in [-0.2, 0) is 6.42 Å². The number of halogens is 1. The van der Waals surface area contributed by atoms with Gasteiger partial charge in [-0.2, -0.15) is 5.10 Å². The fraction of sp³-hybridized carbons (Fsp3) is 0.800. The molecule has 4 atom stereocenters. The fourth-order valence-corrected chi connectivity index (χ4v) is 3.18. The van der Waals surface area contributed by atoms with Gasteiger partial charge in [-0.3, -0.25) is 4.68 Å². The summed E-state index contributed by atoms with van der Waals surface area (Å²) in [6.45, 7) is 6.75. The molecule has 2 nitrogen and oxygen atoms in total. The Morgan fingerprint density at radius 1 is 1.50 bits per heavy atom. The van der Waals surface area contributed by atoms with E-state index in [0.717, 1.165) is 18.8 Å². The van der Waals surface area contributed by atoms with E-state index in [1.54, 1.807) is 0 Å². The highest BCUT2D eigenvalue weighted by atomic mass is 35.5. The largest absolute Gasteiger partial charge is 0.270 e. The van der Waals surface area contributed by atoms with Crippen LogP contribution in [0.3, 0.4) is 0 Å². The molecule has 1 aliphatic rings. The lowest BCUT2D eigenvalue weighted by atomic mass is 9.80. The third-order valence-corrected chi connectivity index (χ3v) is 4.90. The van der Waals surface area contributed by atoms with Crippen LogP contribution < -0.4 is 0 Å². The van der Waals surface area contributed by atoms with E-state index < -0.39 is 0 Å². The zero-order chi connectivity index (χ0) is 13.1. The third kappa shape index (κ3) is 3.28. The van der Waals surface area contributed by atoms with Gasteiger partial charge in [0.2, 0.25) is 0 Å². The Morgan fingerprint density at radius 2 is 2.28 bits per heavy atom. The molecule has 0 saturated heterocycles. The van der Waals surface area contributed by atoms with Crippen LogP contribution in [0, 0.1) is 11.8 Å². The molecule has 0 spiro atoms. The van der Waals surface area contributed by atoms with Crippen molar-refractivity contribution in [2.24, 2.45) is 11.8 Å². The summed E-state index contributed by atoms with van der Waals surface area (Å²) in [5.41, 5.74) is 1.21. The van der Waals surface area contributed by atoms with Crippen molar-refractivity contribution >= 4 is 11.6 Å². The first-order valence-corrected chi connectivity index (χ1v) is 7.71. The molecular formula is C15H25ClN2. The maximum atomic E-state index is 6.46. The summed E-state index contributed by atoms with van der Waals surface area (Å²) in [4.78, 5) is 0. The molecule has 4 unspecified atom stereocenters. The topological polar surface area (TPSA) is 17.8 Å². The molecule has 0 amide bonds. The predicted molar refractivity (Wildman–Crippen MR) is 77.1 cm³/mol. The first kappa shape index (κ1) is 13.9. The number of rotatable bonds is 4. The Morgan fingerprint density at radius 3 is 3.00 bits per heavy atom. The molecule has 0 aromatic carbocycles. The van der Waals surface area contributed by atoms with Gasteiger partial charge in [-0.1, -0.05) is 13.8 Å². The maximum absolute atomic E-state index is 6.46. The molecular weight excluding hydrogens is 244 g/mol. The minimum Gasteiger partial charge on any atom is -0.270 e. The Bertz CT molecular complexity index is 374. The Hall–Kier alpha value is -0.500. The Balaban J connectivity index is 1.98. The molecule has 0 radical (unpaired) electrons. The van der Waals surface area contributed by atoms with Gasteiger partial charge >= 0.3 is 0 Å². The average molecular weight is 269 g/mol. The van der Waals surface area contributed by atoms with Crippen LogP contribution in [-0.4, -0.2) is 15.2 Å². The molecule has 1 aromatic rings. The van der Waals surface area contributed by atoms with E-state index in [-0.39, 0.29) is 0 Å². The molecule has 0 aliphatic heterocycles. The van der Waals surface area contributed by atoms with Gasteiger partial charge in [0, 0.05) is 17.6 Å². The van der Waals surface area contributed by atoms with E-state index in [9.17, 15) is 0 Å². The van der Waals surface area contributed by atoms with Crippen LogP contribution in [0.4, 0.5) is 0 Å². The van der Waals surface area contributed by atoms with Crippen molar-refractivity contribution in [1.29, 1.82) is 0 Å². The molecule has 1 saturated carbocycles. The van der Waals surface area contributed by atoms with E-state index in [0.29, 0.717) is 17.3 Å². The molecule has 1 heterocycles. The predicted octanol–water partition coefficient (Wildman–Crippen LogP) is 4.44. The first-order valence-electron chi connectivity index (χ1n) is 7.28. The molecule has 1 fully saturated rings. The molecule has 1 aromatic heterocycles. The first-order chi connectivity index (χ1) is 8.60. The molecule has 18 heavy (non-hydrogen) atoms. The van der Waals surface area contributed by atoms with E-state index in [4.69, 9.17) is 16.7 Å². The van der Waals surface area contributed by atoms with E-state index in [1.165, 1.54) is 25.0 Å². The lowest BCUT2D eigenvalue weighted by Gasteiger charge is -2.30. The normalized spacial score (nSPS) is 30.3. The second-order valence-corrected chi connectivity index (χ2v) is 6.50. The standard InChI is InChI=1S/C15H25ClN2/c1-4-12(3)18-8-7-14(17-18)10-13-9-11(2)5-6-15(13)16/h7-8,11-13,15H,4-6,9-10H2,1-3H3. The van der Waals surface area contributed by atoms with Gasteiger partial charge in [0.15, 0.2) is 0 Å². The minimum atomic E-state index is 0.343. The van der Waals surface area contributed by atoms with Crippen LogP contribution in [0.25, 0.3) is 0 Å². The maximum Gasteiger partial charge on any atom is 0.0628 e. The van der Waals surface area contributed by atoms with Gasteiger partial charge in [0.25, 0.3) is 0 Å². The summed E-state index contributed by atoms with van der Waals surface area (Å²) in [5, 5.41) is 5.04. The average Bonchev–Trinajstić information content (AvgIpc) is 2.81. The van der Waals surface area contributed by atoms with Crippen molar-refractivity contribution in [3.05, 3.63) is 18.0 Å². The van der Waals surface area contributed by atoms with E-state index in [1.807, 2.05) is 0 Å². The summed E-state index contributed by atoms with van der Waals surface area (Å²) >= 11 is 6.46. The second kappa shape index (κ2) is 6.10. The van der Waals surface area contributed by atoms with Gasteiger partial charge in [0.1, 0.15) is 0 Å². The van der Waals surface area contributed by atoms with Crippen LogP contribution in [0.15, 0.2) is 12.3 Å². The Labute approximate surface area is 116 Å². The summed E-state index contributed by atoms with van der Waals surface area (Å²) in [6.07, 6.45) is 7.98. The van der Waals surface area contributed by atoms with Gasteiger partial charge in [-0.25, -0.2) is 0 Å². The zero-order valence-corrected chi connectivity index (χ0v) is 12.5. The van der Waals surface area contributed by atoms with Crippen molar-refractivity contribution < 1.29 is 0 Å². The van der Waals surface area contributed by atoms with E-state index in [2.05, 4.69) is 37.7 Å². The third-order valence-electron chi connectivity index (χ3n) is 4.33. The van der Waals surface area contributed by atoms with E-state index >= 15 is 0 Å². The van der Waals surface area contributed by atoms with Crippen molar-refractivity contribution in [3.63, 3.8) is 0 Å². The SMILES string of the molecule is CCC(C)n1ccc(CC2CC(C)CCC2Cl)n1. The lowest BCUT2D eigenvalue weighted by Crippen LogP contribution is -2.26. The highest BCUT2D eigenvalue weighted by molar-refractivity contribution is 6.20. The molecule has 3 heteroatoms. The summed E-state index contributed by atoms with van der Waals surface area (Å²) in [5.74, 6) is 1.43. The van der Waals surface area contributed by atoms with Crippen molar-refractivity contribution in [2.75, 3.05) is 0 Å². The van der Waals surface area contributed by atoms with Crippen LogP contribution in [0.1, 0.15) is 58.2 Å². The van der Waals surface area contributed by atoms with Crippen molar-refractivity contribution in [3.8, 4) is 0 Å².